The second kappa shape index (κ2) is 5.14. The van der Waals surface area contributed by atoms with Crippen LogP contribution in [0.15, 0.2) is 0 Å². The molecular weight excluding hydrogens is 234 g/mol. The number of carbonyl (C=O) groups is 2. The van der Waals surface area contributed by atoms with Gasteiger partial charge in [-0.05, 0) is 26.2 Å². The lowest BCUT2D eigenvalue weighted by atomic mass is 9.90. The van der Waals surface area contributed by atoms with Gasteiger partial charge in [-0.1, -0.05) is 6.42 Å². The van der Waals surface area contributed by atoms with E-state index in [0.29, 0.717) is 19.5 Å². The van der Waals surface area contributed by atoms with E-state index in [1.807, 2.05) is 5.01 Å². The van der Waals surface area contributed by atoms with Crippen LogP contribution in [0.2, 0.25) is 0 Å². The topological polar surface area (TPSA) is 72.9 Å². The minimum absolute atomic E-state index is 0.165. The minimum Gasteiger partial charge on any atom is -0.481 e. The Kier molecular flexibility index (Phi) is 3.75. The summed E-state index contributed by atoms with van der Waals surface area (Å²) in [5.74, 6) is -0.823. The lowest BCUT2D eigenvalue weighted by Crippen LogP contribution is -2.50. The van der Waals surface area contributed by atoms with E-state index in [-0.39, 0.29) is 6.03 Å². The molecule has 18 heavy (non-hydrogen) atoms. The van der Waals surface area contributed by atoms with Crippen LogP contribution in [0.3, 0.4) is 0 Å². The molecule has 0 bridgehead atoms. The number of hydrogen-bond acceptors (Lipinski definition) is 3. The Morgan fingerprint density at radius 3 is 2.39 bits per heavy atom. The van der Waals surface area contributed by atoms with E-state index in [4.69, 9.17) is 5.11 Å². The molecule has 2 heterocycles. The lowest BCUT2D eigenvalue weighted by Gasteiger charge is -2.29. The molecule has 1 atom stereocenters. The number of hydrogen-bond donors (Lipinski definition) is 2. The van der Waals surface area contributed by atoms with Gasteiger partial charge in [-0.3, -0.25) is 10.2 Å². The minimum atomic E-state index is -0.823. The Labute approximate surface area is 107 Å². The number of nitrogens with zero attached hydrogens (tertiary/aromatic N) is 2. The van der Waals surface area contributed by atoms with Crippen molar-refractivity contribution in [1.29, 1.82) is 0 Å². The number of piperidine rings is 1. The highest BCUT2D eigenvalue weighted by atomic mass is 16.4. The number of amides is 2. The van der Waals surface area contributed by atoms with E-state index < -0.39 is 11.4 Å². The first-order chi connectivity index (χ1) is 8.51. The number of aliphatic carboxylic acids is 1. The van der Waals surface area contributed by atoms with Crippen molar-refractivity contribution >= 4 is 12.0 Å². The molecule has 0 spiro atoms. The highest BCUT2D eigenvalue weighted by molar-refractivity contribution is 5.79. The van der Waals surface area contributed by atoms with Gasteiger partial charge in [0, 0.05) is 26.2 Å². The van der Waals surface area contributed by atoms with Crippen molar-refractivity contribution in [2.24, 2.45) is 5.41 Å². The summed E-state index contributed by atoms with van der Waals surface area (Å²) in [4.78, 5) is 24.7. The van der Waals surface area contributed by atoms with Crippen LogP contribution in [0.5, 0.6) is 0 Å². The molecule has 102 valence electrons. The van der Waals surface area contributed by atoms with Crippen molar-refractivity contribution in [2.75, 3.05) is 26.2 Å². The molecule has 2 saturated heterocycles. The number of rotatable bonds is 2. The predicted octanol–water partition coefficient (Wildman–Crippen LogP) is 0.893. The van der Waals surface area contributed by atoms with E-state index >= 15 is 0 Å². The Bertz CT molecular complexity index is 341. The second-order valence-corrected chi connectivity index (χ2v) is 5.50. The fourth-order valence-electron chi connectivity index (χ4n) is 2.52. The third-order valence-electron chi connectivity index (χ3n) is 3.89. The number of carbonyl (C=O) groups excluding carboxylic acids is 1. The van der Waals surface area contributed by atoms with Crippen LogP contribution >= 0.6 is 0 Å². The van der Waals surface area contributed by atoms with Crippen molar-refractivity contribution in [2.45, 2.75) is 32.6 Å². The van der Waals surface area contributed by atoms with Crippen LogP contribution in [0.1, 0.15) is 32.6 Å². The number of likely N-dealkylation sites (tertiary alicyclic amines) is 1. The fraction of sp³-hybridized carbons (Fsp3) is 0.833. The molecule has 2 aliphatic rings. The highest BCUT2D eigenvalue weighted by Gasteiger charge is 2.42. The maximum atomic E-state index is 12.0. The van der Waals surface area contributed by atoms with Gasteiger partial charge in [0.1, 0.15) is 0 Å². The van der Waals surface area contributed by atoms with Gasteiger partial charge in [0.15, 0.2) is 0 Å². The average Bonchev–Trinajstić information content (AvgIpc) is 2.75. The third-order valence-corrected chi connectivity index (χ3v) is 3.89. The lowest BCUT2D eigenvalue weighted by molar-refractivity contribution is -0.147. The standard InChI is InChI=1S/C12H21N3O3/c1-12(10(16)17)5-8-14(9-12)11(18)13-15-6-3-2-4-7-15/h2-9H2,1H3,(H,13,18)(H,16,17). The Balaban J connectivity index is 1.85. The molecule has 2 amide bonds. The predicted molar refractivity (Wildman–Crippen MR) is 65.9 cm³/mol. The Hall–Kier alpha value is -1.30. The quantitative estimate of drug-likeness (QED) is 0.768. The molecule has 2 N–H and O–H groups in total. The van der Waals surface area contributed by atoms with E-state index in [2.05, 4.69) is 5.43 Å². The first-order valence-electron chi connectivity index (χ1n) is 6.55. The van der Waals surface area contributed by atoms with Crippen molar-refractivity contribution in [1.82, 2.24) is 15.3 Å². The van der Waals surface area contributed by atoms with Crippen LogP contribution < -0.4 is 5.43 Å². The van der Waals surface area contributed by atoms with Gasteiger partial charge in [-0.2, -0.15) is 0 Å². The van der Waals surface area contributed by atoms with Crippen molar-refractivity contribution in [3.8, 4) is 0 Å². The molecule has 0 aromatic rings. The summed E-state index contributed by atoms with van der Waals surface area (Å²) < 4.78 is 0. The molecule has 0 radical (unpaired) electrons. The summed E-state index contributed by atoms with van der Waals surface area (Å²) in [7, 11) is 0. The molecule has 6 heteroatoms. The largest absolute Gasteiger partial charge is 0.481 e. The fourth-order valence-corrected chi connectivity index (χ4v) is 2.52. The van der Waals surface area contributed by atoms with E-state index in [9.17, 15) is 9.59 Å². The summed E-state index contributed by atoms with van der Waals surface area (Å²) in [5, 5.41) is 11.1. The first-order valence-corrected chi connectivity index (χ1v) is 6.55. The van der Waals surface area contributed by atoms with Gasteiger partial charge in [0.2, 0.25) is 0 Å². The molecule has 0 aliphatic carbocycles. The van der Waals surface area contributed by atoms with E-state index in [0.717, 1.165) is 25.9 Å². The summed E-state index contributed by atoms with van der Waals surface area (Å²) in [6, 6.07) is -0.165. The zero-order valence-corrected chi connectivity index (χ0v) is 10.8. The molecule has 0 aromatic heterocycles. The van der Waals surface area contributed by atoms with Crippen molar-refractivity contribution < 1.29 is 14.7 Å². The number of carboxylic acids is 1. The molecule has 0 aromatic carbocycles. The van der Waals surface area contributed by atoms with Crippen LogP contribution in [0, 0.1) is 5.41 Å². The van der Waals surface area contributed by atoms with Gasteiger partial charge in [-0.15, -0.1) is 0 Å². The monoisotopic (exact) mass is 255 g/mol. The van der Waals surface area contributed by atoms with Gasteiger partial charge < -0.3 is 10.0 Å². The Morgan fingerprint density at radius 2 is 1.83 bits per heavy atom. The zero-order chi connectivity index (χ0) is 13.2. The van der Waals surface area contributed by atoms with E-state index in [1.54, 1.807) is 11.8 Å². The highest BCUT2D eigenvalue weighted by Crippen LogP contribution is 2.30. The number of hydrazine groups is 1. The van der Waals surface area contributed by atoms with Gasteiger partial charge in [0.25, 0.3) is 0 Å². The van der Waals surface area contributed by atoms with Crippen LogP contribution in [0.25, 0.3) is 0 Å². The summed E-state index contributed by atoms with van der Waals surface area (Å²) in [6.07, 6.45) is 3.95. The summed E-state index contributed by atoms with van der Waals surface area (Å²) in [5.41, 5.74) is 2.07. The van der Waals surface area contributed by atoms with Crippen LogP contribution in [-0.2, 0) is 4.79 Å². The van der Waals surface area contributed by atoms with Crippen molar-refractivity contribution in [3.63, 3.8) is 0 Å². The molecule has 2 rings (SSSR count). The maximum absolute atomic E-state index is 12.0. The zero-order valence-electron chi connectivity index (χ0n) is 10.8. The van der Waals surface area contributed by atoms with Crippen molar-refractivity contribution in [3.05, 3.63) is 0 Å². The second-order valence-electron chi connectivity index (χ2n) is 5.50. The molecule has 1 unspecified atom stereocenters. The average molecular weight is 255 g/mol. The van der Waals surface area contributed by atoms with Gasteiger partial charge in [0.05, 0.1) is 5.41 Å². The summed E-state index contributed by atoms with van der Waals surface area (Å²) in [6.45, 7) is 4.28. The molecule has 0 saturated carbocycles. The first kappa shape index (κ1) is 13.1. The smallest absolute Gasteiger partial charge is 0.331 e. The van der Waals surface area contributed by atoms with E-state index in [1.165, 1.54) is 6.42 Å². The van der Waals surface area contributed by atoms with Gasteiger partial charge >= 0.3 is 12.0 Å². The SMILES string of the molecule is CC1(C(=O)O)CCN(C(=O)NN2CCCCC2)C1. The molecule has 6 nitrogen and oxygen atoms in total. The maximum Gasteiger partial charge on any atom is 0.331 e. The normalized spacial score (nSPS) is 29.3. The number of nitrogens with one attached hydrogen (secondary N) is 1. The molecular formula is C12H21N3O3. The van der Waals surface area contributed by atoms with Crippen LogP contribution in [-0.4, -0.2) is 53.2 Å². The van der Waals surface area contributed by atoms with Crippen LogP contribution in [0.4, 0.5) is 4.79 Å². The Morgan fingerprint density at radius 1 is 1.17 bits per heavy atom. The number of carboxylic acid groups (broad SMARTS) is 1. The number of urea groups is 1. The molecule has 2 aliphatic heterocycles. The summed E-state index contributed by atoms with van der Waals surface area (Å²) >= 11 is 0. The third kappa shape index (κ3) is 2.75. The van der Waals surface area contributed by atoms with Gasteiger partial charge in [-0.25, -0.2) is 9.80 Å². The molecule has 2 fully saturated rings.